The van der Waals surface area contributed by atoms with Crippen molar-refractivity contribution < 1.29 is 4.79 Å². The number of rotatable bonds is 3. The molecule has 1 aromatic carbocycles. The number of benzene rings is 1. The molecule has 2 nitrogen and oxygen atoms in total. The van der Waals surface area contributed by atoms with Gasteiger partial charge in [0.25, 0.3) is 5.91 Å². The molecule has 1 aliphatic heterocycles. The second-order valence-electron chi connectivity index (χ2n) is 5.39. The van der Waals surface area contributed by atoms with Crippen LogP contribution in [0.3, 0.4) is 0 Å². The first-order chi connectivity index (χ1) is 9.20. The Hall–Kier alpha value is -0.580. The van der Waals surface area contributed by atoms with Crippen molar-refractivity contribution in [1.82, 2.24) is 4.90 Å². The predicted octanol–water partition coefficient (Wildman–Crippen LogP) is 4.33. The topological polar surface area (TPSA) is 20.3 Å². The van der Waals surface area contributed by atoms with Gasteiger partial charge in [-0.1, -0.05) is 25.8 Å². The Labute approximate surface area is 129 Å². The molecule has 0 spiro atoms. The van der Waals surface area contributed by atoms with Gasteiger partial charge in [0.2, 0.25) is 0 Å². The van der Waals surface area contributed by atoms with E-state index >= 15 is 0 Å². The molecule has 0 aliphatic carbocycles. The van der Waals surface area contributed by atoms with Crippen molar-refractivity contribution in [3.05, 3.63) is 33.4 Å². The molecule has 1 aromatic rings. The number of carbonyl (C=O) groups excluding carboxylic acids is 1. The average Bonchev–Trinajstić information content (AvgIpc) is 2.64. The van der Waals surface area contributed by atoms with E-state index in [1.54, 1.807) is 0 Å². The minimum atomic E-state index is 0.204. The van der Waals surface area contributed by atoms with Gasteiger partial charge in [0.1, 0.15) is 0 Å². The number of likely N-dealkylation sites (tertiary alicyclic amines) is 1. The molecule has 1 heterocycles. The summed E-state index contributed by atoms with van der Waals surface area (Å²) in [7, 11) is 0. The van der Waals surface area contributed by atoms with E-state index in [0.717, 1.165) is 34.6 Å². The molecular formula is C16H22INO. The van der Waals surface area contributed by atoms with Crippen LogP contribution in [0.25, 0.3) is 0 Å². The summed E-state index contributed by atoms with van der Waals surface area (Å²) in [6, 6.07) is 7.90. The van der Waals surface area contributed by atoms with Gasteiger partial charge < -0.3 is 4.90 Å². The largest absolute Gasteiger partial charge is 0.339 e. The fraction of sp³-hybridized carbons (Fsp3) is 0.562. The van der Waals surface area contributed by atoms with E-state index in [0.29, 0.717) is 0 Å². The Kier molecular flexibility index (Phi) is 5.67. The molecular weight excluding hydrogens is 349 g/mol. The third kappa shape index (κ3) is 4.20. The van der Waals surface area contributed by atoms with Crippen LogP contribution in [-0.2, 0) is 0 Å². The van der Waals surface area contributed by atoms with E-state index in [1.165, 1.54) is 25.7 Å². The monoisotopic (exact) mass is 371 g/mol. The number of nitrogens with zero attached hydrogens (tertiary/aromatic N) is 1. The van der Waals surface area contributed by atoms with Gasteiger partial charge in [0, 0.05) is 22.2 Å². The minimum absolute atomic E-state index is 0.204. The summed E-state index contributed by atoms with van der Waals surface area (Å²) in [6.45, 7) is 4.10. The zero-order valence-corrected chi connectivity index (χ0v) is 13.7. The van der Waals surface area contributed by atoms with E-state index in [1.807, 2.05) is 29.2 Å². The molecule has 1 atom stereocenters. The van der Waals surface area contributed by atoms with Crippen molar-refractivity contribution in [2.24, 2.45) is 5.92 Å². The van der Waals surface area contributed by atoms with Gasteiger partial charge in [-0.3, -0.25) is 4.79 Å². The third-order valence-corrected chi connectivity index (χ3v) is 4.57. The predicted molar refractivity (Wildman–Crippen MR) is 87.3 cm³/mol. The Morgan fingerprint density at radius 3 is 2.95 bits per heavy atom. The highest BCUT2D eigenvalue weighted by molar-refractivity contribution is 14.1. The number of hydrogen-bond donors (Lipinski definition) is 0. The molecule has 0 radical (unpaired) electrons. The number of hydrogen-bond acceptors (Lipinski definition) is 1. The van der Waals surface area contributed by atoms with Crippen LogP contribution in [0.15, 0.2) is 24.3 Å². The maximum atomic E-state index is 12.5. The van der Waals surface area contributed by atoms with Crippen LogP contribution in [0, 0.1) is 9.49 Å². The van der Waals surface area contributed by atoms with Gasteiger partial charge in [0.05, 0.1) is 0 Å². The summed E-state index contributed by atoms with van der Waals surface area (Å²) in [4.78, 5) is 14.5. The molecule has 1 fully saturated rings. The fourth-order valence-electron chi connectivity index (χ4n) is 2.87. The van der Waals surface area contributed by atoms with E-state index in [2.05, 4.69) is 29.5 Å². The highest BCUT2D eigenvalue weighted by atomic mass is 127. The van der Waals surface area contributed by atoms with Gasteiger partial charge in [-0.05, 0) is 66.0 Å². The van der Waals surface area contributed by atoms with E-state index in [-0.39, 0.29) is 5.91 Å². The molecule has 3 heteroatoms. The molecule has 0 N–H and O–H groups in total. The van der Waals surface area contributed by atoms with Crippen LogP contribution in [0.5, 0.6) is 0 Å². The average molecular weight is 371 g/mol. The van der Waals surface area contributed by atoms with Crippen molar-refractivity contribution in [3.8, 4) is 0 Å². The lowest BCUT2D eigenvalue weighted by Crippen LogP contribution is -2.32. The van der Waals surface area contributed by atoms with Gasteiger partial charge in [-0.15, -0.1) is 0 Å². The van der Waals surface area contributed by atoms with E-state index < -0.39 is 0 Å². The van der Waals surface area contributed by atoms with E-state index in [9.17, 15) is 4.79 Å². The van der Waals surface area contributed by atoms with Crippen LogP contribution in [0.1, 0.15) is 49.4 Å². The third-order valence-electron chi connectivity index (χ3n) is 3.90. The van der Waals surface area contributed by atoms with Crippen LogP contribution >= 0.6 is 22.6 Å². The normalized spacial score (nSPS) is 20.1. The Morgan fingerprint density at radius 1 is 1.37 bits per heavy atom. The fourth-order valence-corrected chi connectivity index (χ4v) is 3.41. The molecule has 1 saturated heterocycles. The summed E-state index contributed by atoms with van der Waals surface area (Å²) >= 11 is 2.26. The second kappa shape index (κ2) is 7.27. The summed E-state index contributed by atoms with van der Waals surface area (Å²) in [5.41, 5.74) is 0.834. The van der Waals surface area contributed by atoms with Crippen LogP contribution in [-0.4, -0.2) is 23.9 Å². The van der Waals surface area contributed by atoms with Crippen LogP contribution in [0.2, 0.25) is 0 Å². The summed E-state index contributed by atoms with van der Waals surface area (Å²) in [5, 5.41) is 0. The first-order valence-electron chi connectivity index (χ1n) is 7.25. The molecule has 0 saturated carbocycles. The Bertz CT molecular complexity index is 433. The number of amides is 1. The van der Waals surface area contributed by atoms with Crippen molar-refractivity contribution in [2.45, 2.75) is 39.0 Å². The Morgan fingerprint density at radius 2 is 2.21 bits per heavy atom. The maximum Gasteiger partial charge on any atom is 0.253 e. The molecule has 0 aromatic heterocycles. The van der Waals surface area contributed by atoms with Crippen molar-refractivity contribution in [1.29, 1.82) is 0 Å². The van der Waals surface area contributed by atoms with Gasteiger partial charge >= 0.3 is 0 Å². The molecule has 1 unspecified atom stereocenters. The smallest absolute Gasteiger partial charge is 0.253 e. The summed E-state index contributed by atoms with van der Waals surface area (Å²) in [6.07, 6.45) is 6.18. The first-order valence-corrected chi connectivity index (χ1v) is 8.33. The van der Waals surface area contributed by atoms with Crippen molar-refractivity contribution in [3.63, 3.8) is 0 Å². The SMILES string of the molecule is CCCC1CCCN(C(=O)c2cccc(I)c2)CC1. The highest BCUT2D eigenvalue weighted by Gasteiger charge is 2.21. The minimum Gasteiger partial charge on any atom is -0.339 e. The van der Waals surface area contributed by atoms with E-state index in [4.69, 9.17) is 0 Å². The van der Waals surface area contributed by atoms with Gasteiger partial charge in [0.15, 0.2) is 0 Å². The molecule has 104 valence electrons. The zero-order valence-electron chi connectivity index (χ0n) is 11.6. The second-order valence-corrected chi connectivity index (χ2v) is 6.63. The molecule has 19 heavy (non-hydrogen) atoms. The summed E-state index contributed by atoms with van der Waals surface area (Å²) in [5.74, 6) is 1.02. The lowest BCUT2D eigenvalue weighted by molar-refractivity contribution is 0.0760. The summed E-state index contributed by atoms with van der Waals surface area (Å²) < 4.78 is 1.13. The van der Waals surface area contributed by atoms with Crippen LogP contribution in [0.4, 0.5) is 0 Å². The van der Waals surface area contributed by atoms with Crippen molar-refractivity contribution in [2.75, 3.05) is 13.1 Å². The molecule has 2 rings (SSSR count). The zero-order chi connectivity index (χ0) is 13.7. The molecule has 1 aliphatic rings. The van der Waals surface area contributed by atoms with Crippen LogP contribution < -0.4 is 0 Å². The van der Waals surface area contributed by atoms with Crippen molar-refractivity contribution >= 4 is 28.5 Å². The quantitative estimate of drug-likeness (QED) is 0.725. The molecule has 0 bridgehead atoms. The van der Waals surface area contributed by atoms with Gasteiger partial charge in [-0.2, -0.15) is 0 Å². The Balaban J connectivity index is 2.00. The number of halogens is 1. The van der Waals surface area contributed by atoms with Gasteiger partial charge in [-0.25, -0.2) is 0 Å². The molecule has 1 amide bonds. The standard InChI is InChI=1S/C16H22INO/c1-2-5-13-6-4-10-18(11-9-13)16(19)14-7-3-8-15(17)12-14/h3,7-8,12-13H,2,4-6,9-11H2,1H3. The lowest BCUT2D eigenvalue weighted by Gasteiger charge is -2.20. The lowest BCUT2D eigenvalue weighted by atomic mass is 9.96. The highest BCUT2D eigenvalue weighted by Crippen LogP contribution is 2.23. The first kappa shape index (κ1) is 14.8. The number of carbonyl (C=O) groups is 1. The maximum absolute atomic E-state index is 12.5.